The maximum Gasteiger partial charge on any atom is 0.161 e. The summed E-state index contributed by atoms with van der Waals surface area (Å²) in [6.07, 6.45) is 1.60. The van der Waals surface area contributed by atoms with E-state index in [0.29, 0.717) is 27.1 Å². The van der Waals surface area contributed by atoms with Gasteiger partial charge in [-0.2, -0.15) is 5.26 Å². The number of nitrogens with zero attached hydrogens (tertiary/aromatic N) is 1. The van der Waals surface area contributed by atoms with Crippen LogP contribution in [0.25, 0.3) is 11.6 Å². The molecule has 146 valence electrons. The zero-order chi connectivity index (χ0) is 20.8. The first kappa shape index (κ1) is 20.7. The predicted octanol–water partition coefficient (Wildman–Crippen LogP) is 6.78. The molecule has 0 saturated carbocycles. The van der Waals surface area contributed by atoms with Gasteiger partial charge in [0.1, 0.15) is 12.4 Å². The van der Waals surface area contributed by atoms with E-state index in [1.54, 1.807) is 60.7 Å². The van der Waals surface area contributed by atoms with Crippen LogP contribution in [0.1, 0.15) is 16.7 Å². The standard InChI is InChI=1S/C23H16Cl2FNO2/c1-28-23-11-15(10-17(13-27)19-4-2-3-5-21(19)26)6-9-22(23)29-14-16-7-8-18(24)12-20(16)25/h2-12H,14H2,1H3. The Kier molecular flexibility index (Phi) is 6.77. The molecule has 0 aliphatic carbocycles. The van der Waals surface area contributed by atoms with Crippen LogP contribution in [0.15, 0.2) is 60.7 Å². The molecule has 3 nitrogen and oxygen atoms in total. The smallest absolute Gasteiger partial charge is 0.161 e. The first-order chi connectivity index (χ1) is 14.0. The molecule has 3 aromatic rings. The average Bonchev–Trinajstić information content (AvgIpc) is 2.72. The third-order valence-electron chi connectivity index (χ3n) is 4.18. The Hall–Kier alpha value is -3.00. The van der Waals surface area contributed by atoms with E-state index in [1.807, 2.05) is 6.07 Å². The summed E-state index contributed by atoms with van der Waals surface area (Å²) >= 11 is 12.1. The highest BCUT2D eigenvalue weighted by atomic mass is 35.5. The topological polar surface area (TPSA) is 42.2 Å². The van der Waals surface area contributed by atoms with E-state index >= 15 is 0 Å². The van der Waals surface area contributed by atoms with Crippen LogP contribution in [-0.4, -0.2) is 7.11 Å². The van der Waals surface area contributed by atoms with Gasteiger partial charge >= 0.3 is 0 Å². The lowest BCUT2D eigenvalue weighted by atomic mass is 10.0. The lowest BCUT2D eigenvalue weighted by Crippen LogP contribution is -1.98. The Bertz CT molecular complexity index is 1110. The van der Waals surface area contributed by atoms with Crippen LogP contribution < -0.4 is 9.47 Å². The Morgan fingerprint density at radius 1 is 1.07 bits per heavy atom. The molecule has 0 spiro atoms. The first-order valence-electron chi connectivity index (χ1n) is 8.63. The minimum Gasteiger partial charge on any atom is -0.493 e. The molecular weight excluding hydrogens is 412 g/mol. The van der Waals surface area contributed by atoms with Gasteiger partial charge in [0, 0.05) is 21.2 Å². The summed E-state index contributed by atoms with van der Waals surface area (Å²) in [7, 11) is 1.52. The molecule has 0 atom stereocenters. The number of halogens is 3. The van der Waals surface area contributed by atoms with Crippen LogP contribution >= 0.6 is 23.2 Å². The van der Waals surface area contributed by atoms with E-state index in [9.17, 15) is 9.65 Å². The van der Waals surface area contributed by atoms with E-state index in [1.165, 1.54) is 13.2 Å². The second-order valence-corrected chi connectivity index (χ2v) is 6.93. The SMILES string of the molecule is COc1cc(C=C(C#N)c2ccccc2F)ccc1OCc1ccc(Cl)cc1Cl. The minimum absolute atomic E-state index is 0.215. The van der Waals surface area contributed by atoms with Gasteiger partial charge in [-0.05, 0) is 42.0 Å². The lowest BCUT2D eigenvalue weighted by molar-refractivity contribution is 0.284. The summed E-state index contributed by atoms with van der Waals surface area (Å²) in [6, 6.07) is 18.6. The van der Waals surface area contributed by atoms with E-state index in [4.69, 9.17) is 32.7 Å². The van der Waals surface area contributed by atoms with Gasteiger partial charge < -0.3 is 9.47 Å². The van der Waals surface area contributed by atoms with Crippen LogP contribution in [-0.2, 0) is 6.61 Å². The lowest BCUT2D eigenvalue weighted by Gasteiger charge is -2.12. The van der Waals surface area contributed by atoms with Crippen LogP contribution in [0.2, 0.25) is 10.0 Å². The third kappa shape index (κ3) is 5.08. The molecule has 0 amide bonds. The molecule has 3 aromatic carbocycles. The highest BCUT2D eigenvalue weighted by Gasteiger charge is 2.10. The fraction of sp³-hybridized carbons (Fsp3) is 0.0870. The molecule has 0 fully saturated rings. The molecule has 6 heteroatoms. The second-order valence-electron chi connectivity index (χ2n) is 6.08. The van der Waals surface area contributed by atoms with Crippen LogP contribution in [0, 0.1) is 17.1 Å². The van der Waals surface area contributed by atoms with Crippen LogP contribution in [0.3, 0.4) is 0 Å². The van der Waals surface area contributed by atoms with Crippen molar-refractivity contribution in [3.63, 3.8) is 0 Å². The number of hydrogen-bond acceptors (Lipinski definition) is 3. The van der Waals surface area contributed by atoms with Gasteiger partial charge in [0.25, 0.3) is 0 Å². The quantitative estimate of drug-likeness (QED) is 0.321. The molecule has 29 heavy (non-hydrogen) atoms. The van der Waals surface area contributed by atoms with Crippen molar-refractivity contribution >= 4 is 34.9 Å². The fourth-order valence-electron chi connectivity index (χ4n) is 2.70. The number of nitriles is 1. The van der Waals surface area contributed by atoms with Crippen LogP contribution in [0.4, 0.5) is 4.39 Å². The first-order valence-corrected chi connectivity index (χ1v) is 9.39. The fourth-order valence-corrected chi connectivity index (χ4v) is 3.17. The van der Waals surface area contributed by atoms with Crippen molar-refractivity contribution in [2.75, 3.05) is 7.11 Å². The summed E-state index contributed by atoms with van der Waals surface area (Å²) in [6.45, 7) is 0.236. The van der Waals surface area contributed by atoms with E-state index in [2.05, 4.69) is 0 Å². The highest BCUT2D eigenvalue weighted by Crippen LogP contribution is 2.31. The molecule has 0 aliphatic heterocycles. The molecule has 0 aromatic heterocycles. The summed E-state index contributed by atoms with van der Waals surface area (Å²) in [5.41, 5.74) is 1.92. The maximum absolute atomic E-state index is 14.0. The highest BCUT2D eigenvalue weighted by molar-refractivity contribution is 6.35. The van der Waals surface area contributed by atoms with Crippen molar-refractivity contribution in [1.29, 1.82) is 5.26 Å². The summed E-state index contributed by atoms with van der Waals surface area (Å²) in [5, 5.41) is 10.5. The van der Waals surface area contributed by atoms with Gasteiger partial charge in [-0.3, -0.25) is 0 Å². The van der Waals surface area contributed by atoms with Gasteiger partial charge in [0.05, 0.1) is 18.8 Å². The molecule has 0 heterocycles. The molecular formula is C23H16Cl2FNO2. The van der Waals surface area contributed by atoms with Gasteiger partial charge in [-0.15, -0.1) is 0 Å². The second kappa shape index (κ2) is 9.47. The Morgan fingerprint density at radius 2 is 1.86 bits per heavy atom. The van der Waals surface area contributed by atoms with Gasteiger partial charge in [-0.1, -0.05) is 53.5 Å². The number of ether oxygens (including phenoxy) is 2. The summed E-state index contributed by atoms with van der Waals surface area (Å²) < 4.78 is 25.2. The minimum atomic E-state index is -0.452. The number of rotatable bonds is 6. The maximum atomic E-state index is 14.0. The predicted molar refractivity (Wildman–Crippen MR) is 114 cm³/mol. The molecule has 0 aliphatic rings. The van der Waals surface area contributed by atoms with E-state index in [0.717, 1.165) is 5.56 Å². The number of benzene rings is 3. The number of allylic oxidation sites excluding steroid dienone is 1. The van der Waals surface area contributed by atoms with E-state index < -0.39 is 5.82 Å². The van der Waals surface area contributed by atoms with Gasteiger partial charge in [-0.25, -0.2) is 4.39 Å². The Morgan fingerprint density at radius 3 is 2.55 bits per heavy atom. The Balaban J connectivity index is 1.85. The van der Waals surface area contributed by atoms with Crippen molar-refractivity contribution < 1.29 is 13.9 Å². The third-order valence-corrected chi connectivity index (χ3v) is 4.77. The molecule has 3 rings (SSSR count). The normalized spacial score (nSPS) is 11.1. The van der Waals surface area contributed by atoms with Crippen molar-refractivity contribution in [3.05, 3.63) is 93.2 Å². The van der Waals surface area contributed by atoms with Gasteiger partial charge in [0.2, 0.25) is 0 Å². The van der Waals surface area contributed by atoms with Gasteiger partial charge in [0.15, 0.2) is 11.5 Å². The summed E-state index contributed by atoms with van der Waals surface area (Å²) in [4.78, 5) is 0. The monoisotopic (exact) mass is 427 g/mol. The molecule has 0 radical (unpaired) electrons. The Labute approximate surface area is 178 Å². The van der Waals surface area contributed by atoms with Crippen molar-refractivity contribution in [2.45, 2.75) is 6.61 Å². The molecule has 0 N–H and O–H groups in total. The summed E-state index contributed by atoms with van der Waals surface area (Å²) in [5.74, 6) is 0.543. The van der Waals surface area contributed by atoms with E-state index in [-0.39, 0.29) is 17.7 Å². The van der Waals surface area contributed by atoms with Crippen molar-refractivity contribution in [3.8, 4) is 17.6 Å². The average molecular weight is 428 g/mol. The van der Waals surface area contributed by atoms with Crippen LogP contribution in [0.5, 0.6) is 11.5 Å². The van der Waals surface area contributed by atoms with Crippen molar-refractivity contribution in [2.24, 2.45) is 0 Å². The largest absolute Gasteiger partial charge is 0.493 e. The zero-order valence-electron chi connectivity index (χ0n) is 15.5. The number of methoxy groups -OCH3 is 1. The van der Waals surface area contributed by atoms with Crippen molar-refractivity contribution in [1.82, 2.24) is 0 Å². The molecule has 0 bridgehead atoms. The molecule has 0 saturated heterocycles. The number of hydrogen-bond donors (Lipinski definition) is 0. The zero-order valence-corrected chi connectivity index (χ0v) is 17.0. The molecule has 0 unspecified atom stereocenters.